The molecule has 2 amide bonds. The second-order valence-corrected chi connectivity index (χ2v) is 11.1. The van der Waals surface area contributed by atoms with Crippen LogP contribution in [0.2, 0.25) is 5.02 Å². The summed E-state index contributed by atoms with van der Waals surface area (Å²) in [6.45, 7) is 4.19. The van der Waals surface area contributed by atoms with Crippen molar-refractivity contribution in [1.29, 1.82) is 5.26 Å². The van der Waals surface area contributed by atoms with E-state index in [0.29, 0.717) is 21.0 Å². The van der Waals surface area contributed by atoms with Gasteiger partial charge in [0.25, 0.3) is 11.8 Å². The summed E-state index contributed by atoms with van der Waals surface area (Å²) in [5.41, 5.74) is -3.23. The molecule has 0 saturated carbocycles. The van der Waals surface area contributed by atoms with E-state index in [1.165, 1.54) is 6.07 Å². The Morgan fingerprint density at radius 2 is 1.24 bits per heavy atom. The van der Waals surface area contributed by atoms with Gasteiger partial charge < -0.3 is 9.47 Å². The van der Waals surface area contributed by atoms with Crippen LogP contribution in [0.4, 0.5) is 26.3 Å². The number of carbonyl (C=O) groups excluding carboxylic acids is 2. The number of ether oxygens (including phenoxy) is 2. The average molecular weight is 654 g/mol. The fourth-order valence-corrected chi connectivity index (χ4v) is 4.57. The van der Waals surface area contributed by atoms with Gasteiger partial charge in [-0.3, -0.25) is 14.5 Å². The zero-order chi connectivity index (χ0) is 33.4. The van der Waals surface area contributed by atoms with Gasteiger partial charge in [-0.2, -0.15) is 20.3 Å². The fraction of sp³-hybridized carbons (Fsp3) is 0.276. The normalized spacial score (nSPS) is 13.5. The Hall–Kier alpha value is -4.84. The molecule has 0 saturated heterocycles. The van der Waals surface area contributed by atoms with Crippen LogP contribution in [0.1, 0.15) is 41.5 Å². The van der Waals surface area contributed by atoms with Crippen LogP contribution >= 0.6 is 11.6 Å². The summed E-state index contributed by atoms with van der Waals surface area (Å²) in [6.07, 6.45) is -10.0. The van der Waals surface area contributed by atoms with Crippen LogP contribution in [0, 0.1) is 16.7 Å². The van der Waals surface area contributed by atoms with Gasteiger partial charge in [0.05, 0.1) is 12.6 Å². The van der Waals surface area contributed by atoms with Gasteiger partial charge in [0.2, 0.25) is 0 Å². The molecule has 0 aliphatic carbocycles. The van der Waals surface area contributed by atoms with Crippen molar-refractivity contribution >= 4 is 34.4 Å². The van der Waals surface area contributed by atoms with Crippen molar-refractivity contribution in [1.82, 2.24) is 19.9 Å². The van der Waals surface area contributed by atoms with Gasteiger partial charge in [0, 0.05) is 21.6 Å². The first-order valence-electron chi connectivity index (χ1n) is 12.8. The maximum atomic E-state index is 14.1. The molecule has 0 radical (unpaired) electrons. The molecule has 0 aliphatic heterocycles. The maximum Gasteiger partial charge on any atom is 0.573 e. The van der Waals surface area contributed by atoms with Gasteiger partial charge in [0.1, 0.15) is 22.5 Å². The summed E-state index contributed by atoms with van der Waals surface area (Å²) >= 11 is 6.05. The van der Waals surface area contributed by atoms with E-state index in [1.807, 2.05) is 0 Å². The number of amides is 2. The summed E-state index contributed by atoms with van der Waals surface area (Å²) in [5.74, 6) is -3.51. The lowest BCUT2D eigenvalue weighted by Crippen LogP contribution is -2.63. The molecule has 1 heterocycles. The molecule has 16 heteroatoms. The lowest BCUT2D eigenvalue weighted by atomic mass is 9.72. The fourth-order valence-electron chi connectivity index (χ4n) is 4.40. The largest absolute Gasteiger partial charge is 0.573 e. The molecule has 0 N–H and O–H groups in total. The van der Waals surface area contributed by atoms with Crippen molar-refractivity contribution in [3.63, 3.8) is 0 Å². The highest BCUT2D eigenvalue weighted by atomic mass is 35.5. The molecular formula is C29H22ClF6N5O4. The van der Waals surface area contributed by atoms with E-state index < -0.39 is 53.5 Å². The van der Waals surface area contributed by atoms with Gasteiger partial charge >= 0.3 is 12.7 Å². The van der Waals surface area contributed by atoms with E-state index in [0.717, 1.165) is 53.3 Å². The second kappa shape index (κ2) is 11.9. The van der Waals surface area contributed by atoms with E-state index in [1.54, 1.807) is 32.9 Å². The Morgan fingerprint density at radius 1 is 0.800 bits per heavy atom. The molecule has 3 aromatic carbocycles. The maximum absolute atomic E-state index is 14.1. The second-order valence-electron chi connectivity index (χ2n) is 10.7. The first-order chi connectivity index (χ1) is 20.8. The third kappa shape index (κ3) is 7.46. The molecule has 1 atom stereocenters. The number of benzene rings is 3. The average Bonchev–Trinajstić information content (AvgIpc) is 3.32. The topological polar surface area (TPSA) is 110 Å². The number of imide groups is 1. The Bertz CT molecular complexity index is 1690. The predicted octanol–water partition coefficient (Wildman–Crippen LogP) is 7.17. The van der Waals surface area contributed by atoms with Gasteiger partial charge in [0.15, 0.2) is 5.54 Å². The molecule has 4 rings (SSSR count). The zero-order valence-corrected chi connectivity index (χ0v) is 24.3. The van der Waals surface area contributed by atoms with Gasteiger partial charge in [-0.25, -0.2) is 0 Å². The number of rotatable bonds is 7. The molecule has 4 aromatic rings. The van der Waals surface area contributed by atoms with Crippen LogP contribution in [0.25, 0.3) is 11.0 Å². The van der Waals surface area contributed by atoms with Crippen molar-refractivity contribution in [2.75, 3.05) is 0 Å². The highest BCUT2D eigenvalue weighted by molar-refractivity contribution is 6.31. The van der Waals surface area contributed by atoms with Crippen molar-refractivity contribution in [2.45, 2.75) is 45.6 Å². The standard InChI is InChI=1S/C29H22ClF6N5O4/c1-26(2,3)27(15-37,16-40-38-22-13-8-19(30)14-23(22)39-40)41(24(42)17-4-9-20(10-5-17)44-28(31,32)33)25(43)18-6-11-21(12-7-18)45-29(34,35)36/h4-14H,16H2,1-3H3. The van der Waals surface area contributed by atoms with Crippen molar-refractivity contribution in [3.05, 3.63) is 82.9 Å². The monoisotopic (exact) mass is 653 g/mol. The molecule has 236 valence electrons. The number of aromatic nitrogens is 3. The third-order valence-corrected chi connectivity index (χ3v) is 6.87. The number of nitrogens with zero attached hydrogens (tertiary/aromatic N) is 5. The third-order valence-electron chi connectivity index (χ3n) is 6.64. The van der Waals surface area contributed by atoms with E-state index in [9.17, 15) is 41.2 Å². The smallest absolute Gasteiger partial charge is 0.406 e. The van der Waals surface area contributed by atoms with Gasteiger partial charge in [-0.15, -0.1) is 26.3 Å². The van der Waals surface area contributed by atoms with Crippen LogP contribution in [-0.2, 0) is 6.54 Å². The number of hydrogen-bond donors (Lipinski definition) is 0. The SMILES string of the molecule is CC(C)(C)C(C#N)(Cn1nc2ccc(Cl)cc2n1)N(C(=O)c1ccc(OC(F)(F)F)cc1)C(=O)c1ccc(OC(F)(F)F)cc1. The lowest BCUT2D eigenvalue weighted by molar-refractivity contribution is -0.275. The molecule has 9 nitrogen and oxygen atoms in total. The van der Waals surface area contributed by atoms with Crippen LogP contribution < -0.4 is 9.47 Å². The lowest BCUT2D eigenvalue weighted by Gasteiger charge is -2.45. The number of nitriles is 1. The quantitative estimate of drug-likeness (QED) is 0.154. The Kier molecular flexibility index (Phi) is 8.76. The van der Waals surface area contributed by atoms with E-state index >= 15 is 0 Å². The van der Waals surface area contributed by atoms with Gasteiger partial charge in [-0.1, -0.05) is 32.4 Å². The highest BCUT2D eigenvalue weighted by Crippen LogP contribution is 2.39. The number of fused-ring (bicyclic) bond motifs is 1. The molecule has 1 aromatic heterocycles. The minimum atomic E-state index is -5.01. The van der Waals surface area contributed by atoms with Crippen LogP contribution in [0.15, 0.2) is 66.7 Å². The molecule has 0 aliphatic rings. The molecule has 45 heavy (non-hydrogen) atoms. The van der Waals surface area contributed by atoms with Crippen LogP contribution in [-0.4, -0.2) is 50.0 Å². The van der Waals surface area contributed by atoms with Crippen molar-refractivity contribution in [3.8, 4) is 17.6 Å². The number of alkyl halides is 6. The van der Waals surface area contributed by atoms with E-state index in [-0.39, 0.29) is 11.1 Å². The zero-order valence-electron chi connectivity index (χ0n) is 23.6. The van der Waals surface area contributed by atoms with Crippen molar-refractivity contribution in [2.24, 2.45) is 5.41 Å². The highest BCUT2D eigenvalue weighted by Gasteiger charge is 2.54. The summed E-state index contributed by atoms with van der Waals surface area (Å²) in [7, 11) is 0. The summed E-state index contributed by atoms with van der Waals surface area (Å²) in [5, 5.41) is 19.7. The predicted molar refractivity (Wildman–Crippen MR) is 147 cm³/mol. The van der Waals surface area contributed by atoms with Gasteiger partial charge in [-0.05, 0) is 66.7 Å². The number of carbonyl (C=O) groups is 2. The van der Waals surface area contributed by atoms with Crippen molar-refractivity contribution < 1.29 is 45.4 Å². The Balaban J connectivity index is 1.85. The summed E-state index contributed by atoms with van der Waals surface area (Å²) in [4.78, 5) is 29.9. The molecule has 0 spiro atoms. The Labute approximate surface area is 256 Å². The molecule has 0 bridgehead atoms. The molecular weight excluding hydrogens is 632 g/mol. The minimum absolute atomic E-state index is 0.302. The first kappa shape index (κ1) is 33.1. The first-order valence-corrected chi connectivity index (χ1v) is 13.2. The van der Waals surface area contributed by atoms with E-state index in [4.69, 9.17) is 11.6 Å². The summed E-state index contributed by atoms with van der Waals surface area (Å²) in [6, 6.07) is 14.0. The van der Waals surface area contributed by atoms with Crippen LogP contribution in [0.5, 0.6) is 11.5 Å². The van der Waals surface area contributed by atoms with Crippen LogP contribution in [0.3, 0.4) is 0 Å². The minimum Gasteiger partial charge on any atom is -0.406 e. The molecule has 1 unspecified atom stereocenters. The summed E-state index contributed by atoms with van der Waals surface area (Å²) < 4.78 is 84.0. The van der Waals surface area contributed by atoms with E-state index in [2.05, 4.69) is 25.7 Å². The number of hydrogen-bond acceptors (Lipinski definition) is 7. The Morgan fingerprint density at radius 3 is 1.64 bits per heavy atom. The molecule has 0 fully saturated rings. The number of halogens is 7.